The summed E-state index contributed by atoms with van der Waals surface area (Å²) in [6.07, 6.45) is 6.23. The Balaban J connectivity index is -0.000000375. The van der Waals surface area contributed by atoms with Crippen molar-refractivity contribution >= 4 is 11.9 Å². The Bertz CT molecular complexity index is 186. The molecule has 2 heteroatoms. The van der Waals surface area contributed by atoms with Crippen molar-refractivity contribution in [3.8, 4) is 0 Å². The van der Waals surface area contributed by atoms with Gasteiger partial charge in [0, 0.05) is 6.04 Å². The molecule has 1 N–H and O–H groups in total. The first-order valence-electron chi connectivity index (χ1n) is 7.70. The van der Waals surface area contributed by atoms with Gasteiger partial charge < -0.3 is 0 Å². The summed E-state index contributed by atoms with van der Waals surface area (Å²) in [6.45, 7) is 23.5. The van der Waals surface area contributed by atoms with Crippen molar-refractivity contribution < 1.29 is 0 Å². The maximum absolute atomic E-state index is 3.42. The van der Waals surface area contributed by atoms with Crippen molar-refractivity contribution in [2.45, 2.75) is 80.7 Å². The molecule has 1 fully saturated rings. The quantitative estimate of drug-likeness (QED) is 0.470. The summed E-state index contributed by atoms with van der Waals surface area (Å²) in [4.78, 5) is 0. The fraction of sp³-hybridized carbons (Fsp3) is 0.882. The molecule has 0 spiro atoms. The van der Waals surface area contributed by atoms with E-state index in [4.69, 9.17) is 0 Å². The standard InChI is InChI=1S/C11H23NS.2C2H6.C2H4/c1-9(12-13-5)8-10(2,3)11(4)6-7-11;3*1-2/h9,12H,6-8H2,1-5H3;2*1-2H3;1-2H2. The van der Waals surface area contributed by atoms with Crippen LogP contribution in [0.25, 0.3) is 0 Å². The van der Waals surface area contributed by atoms with Crippen molar-refractivity contribution in [2.75, 3.05) is 6.26 Å². The first-order valence-corrected chi connectivity index (χ1v) is 8.92. The van der Waals surface area contributed by atoms with E-state index in [2.05, 4.69) is 51.8 Å². The van der Waals surface area contributed by atoms with E-state index in [-0.39, 0.29) is 0 Å². The molecular weight excluding hydrogens is 250 g/mol. The van der Waals surface area contributed by atoms with Gasteiger partial charge in [0.15, 0.2) is 0 Å². The zero-order chi connectivity index (χ0) is 16.1. The highest BCUT2D eigenvalue weighted by atomic mass is 32.2. The third-order valence-electron chi connectivity index (χ3n) is 3.77. The molecule has 19 heavy (non-hydrogen) atoms. The van der Waals surface area contributed by atoms with Gasteiger partial charge in [0.05, 0.1) is 0 Å². The minimum atomic E-state index is 0.495. The second kappa shape index (κ2) is 13.1. The van der Waals surface area contributed by atoms with Crippen LogP contribution in [0.3, 0.4) is 0 Å². The molecule has 0 aliphatic heterocycles. The Hall–Kier alpha value is 0.0500. The highest BCUT2D eigenvalue weighted by Gasteiger charge is 2.50. The van der Waals surface area contributed by atoms with Crippen LogP contribution in [0, 0.1) is 10.8 Å². The van der Waals surface area contributed by atoms with Gasteiger partial charge >= 0.3 is 0 Å². The van der Waals surface area contributed by atoms with Crippen LogP contribution in [0.5, 0.6) is 0 Å². The Morgan fingerprint density at radius 3 is 1.79 bits per heavy atom. The lowest BCUT2D eigenvalue weighted by molar-refractivity contribution is 0.175. The SMILES string of the molecule is C=C.CC.CC.CSNC(C)CC(C)(C)C1(C)CC1. The summed E-state index contributed by atoms with van der Waals surface area (Å²) in [5.41, 5.74) is 1.12. The normalized spacial score (nSPS) is 16.5. The van der Waals surface area contributed by atoms with Crippen LogP contribution >= 0.6 is 11.9 Å². The lowest BCUT2D eigenvalue weighted by Crippen LogP contribution is -2.32. The third-order valence-corrected chi connectivity index (χ3v) is 4.41. The molecule has 0 bridgehead atoms. The fourth-order valence-electron chi connectivity index (χ4n) is 2.12. The van der Waals surface area contributed by atoms with E-state index < -0.39 is 0 Å². The molecule has 118 valence electrons. The van der Waals surface area contributed by atoms with Gasteiger partial charge in [0.25, 0.3) is 0 Å². The lowest BCUT2D eigenvalue weighted by atomic mass is 9.73. The predicted molar refractivity (Wildman–Crippen MR) is 95.8 cm³/mol. The van der Waals surface area contributed by atoms with E-state index in [1.54, 1.807) is 11.9 Å². The van der Waals surface area contributed by atoms with Crippen LogP contribution in [0.2, 0.25) is 0 Å². The Kier molecular flexibility index (Phi) is 16.6. The molecule has 0 radical (unpaired) electrons. The Morgan fingerprint density at radius 1 is 1.16 bits per heavy atom. The summed E-state index contributed by atoms with van der Waals surface area (Å²) in [7, 11) is 0. The molecule has 1 unspecified atom stereocenters. The van der Waals surface area contributed by atoms with Crippen LogP contribution in [0.1, 0.15) is 74.7 Å². The van der Waals surface area contributed by atoms with Gasteiger partial charge in [-0.3, -0.25) is 4.72 Å². The smallest absolute Gasteiger partial charge is 0.0148 e. The Labute approximate surface area is 128 Å². The van der Waals surface area contributed by atoms with E-state index in [0.717, 1.165) is 0 Å². The highest BCUT2D eigenvalue weighted by Crippen LogP contribution is 2.59. The van der Waals surface area contributed by atoms with Gasteiger partial charge in [0.2, 0.25) is 0 Å². The van der Waals surface area contributed by atoms with Gasteiger partial charge in [-0.1, -0.05) is 60.4 Å². The molecule has 0 amide bonds. The topological polar surface area (TPSA) is 12.0 Å². The van der Waals surface area contributed by atoms with E-state index in [0.29, 0.717) is 16.9 Å². The van der Waals surface area contributed by atoms with Crippen molar-refractivity contribution in [1.29, 1.82) is 0 Å². The van der Waals surface area contributed by atoms with Gasteiger partial charge in [-0.2, -0.15) is 0 Å². The molecule has 1 aliphatic carbocycles. The molecule has 1 aliphatic rings. The maximum atomic E-state index is 3.42. The minimum absolute atomic E-state index is 0.495. The molecule has 0 aromatic heterocycles. The number of nitrogens with one attached hydrogen (secondary N) is 1. The average molecular weight is 290 g/mol. The van der Waals surface area contributed by atoms with Gasteiger partial charge in [-0.15, -0.1) is 13.2 Å². The Morgan fingerprint density at radius 2 is 1.53 bits per heavy atom. The van der Waals surface area contributed by atoms with Gasteiger partial charge in [0.1, 0.15) is 0 Å². The van der Waals surface area contributed by atoms with Crippen molar-refractivity contribution in [2.24, 2.45) is 10.8 Å². The van der Waals surface area contributed by atoms with Crippen LogP contribution in [0.4, 0.5) is 0 Å². The largest absolute Gasteiger partial charge is 0.262 e. The summed E-state index contributed by atoms with van der Waals surface area (Å²) >= 11 is 1.73. The molecule has 1 rings (SSSR count). The molecule has 0 aromatic carbocycles. The molecule has 1 nitrogen and oxygen atoms in total. The molecule has 1 saturated carbocycles. The number of hydrogen-bond acceptors (Lipinski definition) is 2. The highest BCUT2D eigenvalue weighted by molar-refractivity contribution is 7.96. The first-order chi connectivity index (χ1) is 8.91. The van der Waals surface area contributed by atoms with E-state index in [1.165, 1.54) is 19.3 Å². The maximum Gasteiger partial charge on any atom is 0.0148 e. The zero-order valence-corrected chi connectivity index (χ0v) is 15.8. The predicted octanol–water partition coefficient (Wildman–Crippen LogP) is 6.31. The van der Waals surface area contributed by atoms with Crippen LogP contribution in [0.15, 0.2) is 13.2 Å². The average Bonchev–Trinajstić information content (AvgIpc) is 3.16. The number of hydrogen-bond donors (Lipinski definition) is 1. The van der Waals surface area contributed by atoms with E-state index in [1.807, 2.05) is 27.7 Å². The molecule has 0 saturated heterocycles. The first kappa shape index (κ1) is 24.1. The van der Waals surface area contributed by atoms with Crippen LogP contribution in [-0.4, -0.2) is 12.3 Å². The van der Waals surface area contributed by atoms with Crippen molar-refractivity contribution in [3.63, 3.8) is 0 Å². The number of rotatable bonds is 5. The van der Waals surface area contributed by atoms with E-state index >= 15 is 0 Å². The zero-order valence-electron chi connectivity index (χ0n) is 15.0. The summed E-state index contributed by atoms with van der Waals surface area (Å²) in [5.74, 6) is 0. The molecular formula is C17H39NS. The lowest BCUT2D eigenvalue weighted by Gasteiger charge is -2.34. The summed E-state index contributed by atoms with van der Waals surface area (Å²) in [5, 5.41) is 0. The second-order valence-corrected chi connectivity index (χ2v) is 6.02. The molecule has 1 atom stereocenters. The monoisotopic (exact) mass is 289 g/mol. The summed E-state index contributed by atoms with van der Waals surface area (Å²) < 4.78 is 3.42. The minimum Gasteiger partial charge on any atom is -0.262 e. The molecule has 0 heterocycles. The van der Waals surface area contributed by atoms with Gasteiger partial charge in [-0.05, 0) is 43.3 Å². The van der Waals surface area contributed by atoms with Crippen LogP contribution < -0.4 is 4.72 Å². The summed E-state index contributed by atoms with van der Waals surface area (Å²) in [6, 6.07) is 0.627. The van der Waals surface area contributed by atoms with Gasteiger partial charge in [-0.25, -0.2) is 0 Å². The van der Waals surface area contributed by atoms with Crippen molar-refractivity contribution in [3.05, 3.63) is 13.2 Å². The molecule has 0 aromatic rings. The second-order valence-electron chi connectivity index (χ2n) is 5.37. The third kappa shape index (κ3) is 9.56. The fourth-order valence-corrected chi connectivity index (χ4v) is 2.60. The van der Waals surface area contributed by atoms with Crippen LogP contribution in [-0.2, 0) is 0 Å². The van der Waals surface area contributed by atoms with E-state index in [9.17, 15) is 0 Å². The van der Waals surface area contributed by atoms with Crippen molar-refractivity contribution in [1.82, 2.24) is 4.72 Å².